The molecule has 0 radical (unpaired) electrons. The first-order valence-corrected chi connectivity index (χ1v) is 8.21. The van der Waals surface area contributed by atoms with Crippen molar-refractivity contribution in [2.24, 2.45) is 0 Å². The summed E-state index contributed by atoms with van der Waals surface area (Å²) >= 11 is 1.73. The van der Waals surface area contributed by atoms with Crippen LogP contribution in [0, 0.1) is 0 Å². The lowest BCUT2D eigenvalue weighted by Gasteiger charge is -2.10. The van der Waals surface area contributed by atoms with Gasteiger partial charge in [0.25, 0.3) is 0 Å². The van der Waals surface area contributed by atoms with Gasteiger partial charge in [-0.1, -0.05) is 31.2 Å². The minimum absolute atomic E-state index is 0.292. The van der Waals surface area contributed by atoms with Crippen molar-refractivity contribution in [3.05, 3.63) is 52.2 Å². The van der Waals surface area contributed by atoms with E-state index < -0.39 is 0 Å². The number of nitrogens with zero attached hydrogens (tertiary/aromatic N) is 2. The highest BCUT2D eigenvalue weighted by atomic mass is 32.1. The van der Waals surface area contributed by atoms with Gasteiger partial charge in [-0.2, -0.15) is 0 Å². The molecular formula is C17H17N3S. The average Bonchev–Trinajstić information content (AvgIpc) is 3.10. The molecule has 3 nitrogen and oxygen atoms in total. The van der Waals surface area contributed by atoms with Gasteiger partial charge >= 0.3 is 0 Å². The van der Waals surface area contributed by atoms with Crippen LogP contribution in [-0.2, 0) is 12.8 Å². The lowest BCUT2D eigenvalue weighted by atomic mass is 10.0. The first-order valence-electron chi connectivity index (χ1n) is 7.40. The molecule has 0 amide bonds. The number of nitrogens with two attached hydrogens (primary N) is 1. The number of hydrogen-bond acceptors (Lipinski definition) is 4. The van der Waals surface area contributed by atoms with Crippen molar-refractivity contribution >= 4 is 27.4 Å². The number of hydrogen-bond donors (Lipinski definition) is 1. The van der Waals surface area contributed by atoms with Crippen LogP contribution in [0.1, 0.15) is 41.1 Å². The molecule has 4 heteroatoms. The summed E-state index contributed by atoms with van der Waals surface area (Å²) in [7, 11) is 0. The predicted molar refractivity (Wildman–Crippen MR) is 87.8 cm³/mol. The maximum absolute atomic E-state index is 6.17. The molecule has 0 fully saturated rings. The SMILES string of the molecule is CCc1cc2c(N)nc(C3CCc4ccccc43)nc2s1. The Balaban J connectivity index is 1.84. The quantitative estimate of drug-likeness (QED) is 0.779. The van der Waals surface area contributed by atoms with Crippen LogP contribution in [-0.4, -0.2) is 9.97 Å². The number of anilines is 1. The van der Waals surface area contributed by atoms with Crippen molar-refractivity contribution in [1.29, 1.82) is 0 Å². The molecule has 1 atom stereocenters. The second kappa shape index (κ2) is 4.81. The van der Waals surface area contributed by atoms with Crippen molar-refractivity contribution in [3.8, 4) is 0 Å². The normalized spacial score (nSPS) is 17.3. The van der Waals surface area contributed by atoms with Crippen LogP contribution in [0.5, 0.6) is 0 Å². The van der Waals surface area contributed by atoms with E-state index in [1.54, 1.807) is 11.3 Å². The topological polar surface area (TPSA) is 51.8 Å². The maximum atomic E-state index is 6.17. The van der Waals surface area contributed by atoms with E-state index in [9.17, 15) is 0 Å². The zero-order chi connectivity index (χ0) is 14.4. The van der Waals surface area contributed by atoms with Crippen LogP contribution in [0.4, 0.5) is 5.82 Å². The summed E-state index contributed by atoms with van der Waals surface area (Å²) in [5, 5.41) is 1.01. The van der Waals surface area contributed by atoms with Crippen molar-refractivity contribution in [2.75, 3.05) is 5.73 Å². The van der Waals surface area contributed by atoms with Crippen molar-refractivity contribution in [3.63, 3.8) is 0 Å². The smallest absolute Gasteiger partial charge is 0.139 e. The molecule has 0 saturated carbocycles. The van der Waals surface area contributed by atoms with E-state index in [0.717, 1.165) is 35.3 Å². The van der Waals surface area contributed by atoms with Crippen LogP contribution < -0.4 is 5.73 Å². The van der Waals surface area contributed by atoms with Crippen LogP contribution in [0.2, 0.25) is 0 Å². The number of aryl methyl sites for hydroxylation is 2. The van der Waals surface area contributed by atoms with Gasteiger partial charge < -0.3 is 5.73 Å². The molecule has 3 aromatic rings. The molecule has 106 valence electrons. The third-order valence-electron chi connectivity index (χ3n) is 4.28. The minimum Gasteiger partial charge on any atom is -0.383 e. The number of rotatable bonds is 2. The van der Waals surface area contributed by atoms with Crippen LogP contribution in [0.3, 0.4) is 0 Å². The van der Waals surface area contributed by atoms with Gasteiger partial charge in [-0.3, -0.25) is 0 Å². The highest BCUT2D eigenvalue weighted by Crippen LogP contribution is 2.38. The van der Waals surface area contributed by atoms with E-state index in [1.165, 1.54) is 16.0 Å². The van der Waals surface area contributed by atoms with Crippen LogP contribution in [0.15, 0.2) is 30.3 Å². The molecular weight excluding hydrogens is 278 g/mol. The molecule has 1 aliphatic rings. The standard InChI is InChI=1S/C17H17N3S/c1-2-11-9-14-15(18)19-16(20-17(14)21-11)13-8-7-10-5-3-4-6-12(10)13/h3-6,9,13H,2,7-8H2,1H3,(H2,18,19,20). The lowest BCUT2D eigenvalue weighted by molar-refractivity contribution is 0.737. The minimum atomic E-state index is 0.292. The molecule has 2 N–H and O–H groups in total. The molecule has 4 rings (SSSR count). The number of aromatic nitrogens is 2. The van der Waals surface area contributed by atoms with E-state index >= 15 is 0 Å². The number of fused-ring (bicyclic) bond motifs is 2. The molecule has 0 bridgehead atoms. The molecule has 1 aromatic carbocycles. The molecule has 21 heavy (non-hydrogen) atoms. The van der Waals surface area contributed by atoms with Gasteiger partial charge in [-0.05, 0) is 36.5 Å². The first kappa shape index (κ1) is 12.8. The second-order valence-corrected chi connectivity index (χ2v) is 6.66. The Bertz CT molecular complexity index is 822. The summed E-state index contributed by atoms with van der Waals surface area (Å²) in [6, 6.07) is 10.7. The summed E-state index contributed by atoms with van der Waals surface area (Å²) in [5.74, 6) is 1.80. The summed E-state index contributed by atoms with van der Waals surface area (Å²) < 4.78 is 0. The summed E-state index contributed by atoms with van der Waals surface area (Å²) in [6.07, 6.45) is 3.20. The van der Waals surface area contributed by atoms with Gasteiger partial charge in [0, 0.05) is 10.8 Å². The zero-order valence-corrected chi connectivity index (χ0v) is 12.8. The van der Waals surface area contributed by atoms with E-state index in [4.69, 9.17) is 10.7 Å². The third-order valence-corrected chi connectivity index (χ3v) is 5.46. The molecule has 1 unspecified atom stereocenters. The van der Waals surface area contributed by atoms with Crippen LogP contribution in [0.25, 0.3) is 10.2 Å². The zero-order valence-electron chi connectivity index (χ0n) is 12.0. The van der Waals surface area contributed by atoms with Gasteiger partial charge in [-0.25, -0.2) is 9.97 Å². The monoisotopic (exact) mass is 295 g/mol. The molecule has 0 spiro atoms. The maximum Gasteiger partial charge on any atom is 0.139 e. The van der Waals surface area contributed by atoms with Gasteiger partial charge in [0.2, 0.25) is 0 Å². The Morgan fingerprint density at radius 2 is 2.14 bits per heavy atom. The van der Waals surface area contributed by atoms with E-state index in [-0.39, 0.29) is 0 Å². The third kappa shape index (κ3) is 2.02. The molecule has 0 aliphatic heterocycles. The van der Waals surface area contributed by atoms with E-state index in [2.05, 4.69) is 42.2 Å². The fourth-order valence-electron chi connectivity index (χ4n) is 3.17. The highest BCUT2D eigenvalue weighted by Gasteiger charge is 2.26. The summed E-state index contributed by atoms with van der Waals surface area (Å²) in [4.78, 5) is 11.8. The Kier molecular flexibility index (Phi) is 2.93. The van der Waals surface area contributed by atoms with Crippen molar-refractivity contribution in [1.82, 2.24) is 9.97 Å². The number of nitrogen functional groups attached to an aromatic ring is 1. The summed E-state index contributed by atoms with van der Waals surface area (Å²) in [5.41, 5.74) is 8.95. The second-order valence-electron chi connectivity index (χ2n) is 5.54. The Labute approximate surface area is 127 Å². The van der Waals surface area contributed by atoms with E-state index in [0.29, 0.717) is 11.7 Å². The number of thiophene rings is 1. The van der Waals surface area contributed by atoms with Gasteiger partial charge in [0.15, 0.2) is 0 Å². The molecule has 2 aromatic heterocycles. The van der Waals surface area contributed by atoms with Gasteiger partial charge in [0.1, 0.15) is 16.5 Å². The fraction of sp³-hybridized carbons (Fsp3) is 0.294. The number of benzene rings is 1. The van der Waals surface area contributed by atoms with Gasteiger partial charge in [-0.15, -0.1) is 11.3 Å². The molecule has 2 heterocycles. The van der Waals surface area contributed by atoms with E-state index in [1.807, 2.05) is 0 Å². The lowest BCUT2D eigenvalue weighted by Crippen LogP contribution is -2.05. The largest absolute Gasteiger partial charge is 0.383 e. The van der Waals surface area contributed by atoms with Crippen molar-refractivity contribution < 1.29 is 0 Å². The Morgan fingerprint density at radius 3 is 3.00 bits per heavy atom. The van der Waals surface area contributed by atoms with Crippen LogP contribution >= 0.6 is 11.3 Å². The average molecular weight is 295 g/mol. The predicted octanol–water partition coefficient (Wildman–Crippen LogP) is 3.91. The highest BCUT2D eigenvalue weighted by molar-refractivity contribution is 7.18. The molecule has 0 saturated heterocycles. The first-order chi connectivity index (χ1) is 10.3. The van der Waals surface area contributed by atoms with Crippen molar-refractivity contribution in [2.45, 2.75) is 32.1 Å². The fourth-order valence-corrected chi connectivity index (χ4v) is 4.15. The summed E-state index contributed by atoms with van der Waals surface area (Å²) in [6.45, 7) is 2.16. The molecule has 1 aliphatic carbocycles. The Morgan fingerprint density at radius 1 is 1.29 bits per heavy atom. The van der Waals surface area contributed by atoms with Gasteiger partial charge in [0.05, 0.1) is 5.39 Å². The Hall–Kier alpha value is -1.94.